The van der Waals surface area contributed by atoms with Gasteiger partial charge in [-0.25, -0.2) is 14.2 Å². The van der Waals surface area contributed by atoms with Crippen molar-refractivity contribution in [2.75, 3.05) is 62.7 Å². The molecule has 0 radical (unpaired) electrons. The van der Waals surface area contributed by atoms with E-state index in [1.165, 1.54) is 6.07 Å². The van der Waals surface area contributed by atoms with E-state index in [0.717, 1.165) is 37.6 Å². The van der Waals surface area contributed by atoms with Crippen LogP contribution in [-0.2, 0) is 11.3 Å². The number of amides is 2. The molecule has 0 aliphatic carbocycles. The van der Waals surface area contributed by atoms with Crippen LogP contribution in [0.15, 0.2) is 42.6 Å². The van der Waals surface area contributed by atoms with Crippen LogP contribution in [-0.4, -0.2) is 73.3 Å². The van der Waals surface area contributed by atoms with E-state index < -0.39 is 0 Å². The molecule has 2 saturated heterocycles. The van der Waals surface area contributed by atoms with Gasteiger partial charge in [-0.1, -0.05) is 12.1 Å². The molecule has 7 nitrogen and oxygen atoms in total. The second-order valence-corrected chi connectivity index (χ2v) is 7.33. The van der Waals surface area contributed by atoms with E-state index >= 15 is 0 Å². The lowest BCUT2D eigenvalue weighted by Crippen LogP contribution is -2.49. The van der Waals surface area contributed by atoms with Gasteiger partial charge in [0.15, 0.2) is 0 Å². The fourth-order valence-electron chi connectivity index (χ4n) is 3.64. The Labute approximate surface area is 170 Å². The summed E-state index contributed by atoms with van der Waals surface area (Å²) in [5.41, 5.74) is 1.64. The minimum Gasteiger partial charge on any atom is -0.378 e. The molecule has 0 unspecified atom stereocenters. The van der Waals surface area contributed by atoms with Crippen LogP contribution < -0.4 is 10.2 Å². The molecule has 0 saturated carbocycles. The molecule has 0 atom stereocenters. The molecule has 4 rings (SSSR count). The molecule has 0 bridgehead atoms. The van der Waals surface area contributed by atoms with Gasteiger partial charge in [-0.15, -0.1) is 0 Å². The molecule has 1 N–H and O–H groups in total. The number of aromatic nitrogens is 1. The Bertz CT molecular complexity index is 818. The summed E-state index contributed by atoms with van der Waals surface area (Å²) in [5.74, 6) is 0.686. The van der Waals surface area contributed by atoms with Crippen molar-refractivity contribution in [2.45, 2.75) is 6.54 Å². The highest BCUT2D eigenvalue weighted by atomic mass is 19.1. The number of hydrogen-bond donors (Lipinski definition) is 1. The third-order valence-corrected chi connectivity index (χ3v) is 5.29. The third-order valence-electron chi connectivity index (χ3n) is 5.29. The third kappa shape index (κ3) is 5.21. The van der Waals surface area contributed by atoms with Crippen molar-refractivity contribution in [3.63, 3.8) is 0 Å². The normalized spacial score (nSPS) is 18.0. The number of hydrogen-bond acceptors (Lipinski definition) is 5. The fourth-order valence-corrected chi connectivity index (χ4v) is 3.64. The van der Waals surface area contributed by atoms with Crippen LogP contribution in [0.2, 0.25) is 0 Å². The zero-order chi connectivity index (χ0) is 20.1. The Hall–Kier alpha value is -2.71. The smallest absolute Gasteiger partial charge is 0.321 e. The average Bonchev–Trinajstić information content (AvgIpc) is 2.75. The summed E-state index contributed by atoms with van der Waals surface area (Å²) in [4.78, 5) is 23.2. The zero-order valence-electron chi connectivity index (χ0n) is 16.4. The number of anilines is 2. The summed E-state index contributed by atoms with van der Waals surface area (Å²) >= 11 is 0. The van der Waals surface area contributed by atoms with E-state index in [1.807, 2.05) is 18.2 Å². The van der Waals surface area contributed by atoms with Gasteiger partial charge in [-0.2, -0.15) is 0 Å². The van der Waals surface area contributed by atoms with E-state index in [9.17, 15) is 9.18 Å². The molecule has 2 amide bonds. The molecular weight excluding hydrogens is 373 g/mol. The monoisotopic (exact) mass is 399 g/mol. The van der Waals surface area contributed by atoms with Crippen molar-refractivity contribution in [1.29, 1.82) is 0 Å². The predicted octanol–water partition coefficient (Wildman–Crippen LogP) is 2.41. The van der Waals surface area contributed by atoms with Gasteiger partial charge in [0.2, 0.25) is 0 Å². The number of halogens is 1. The largest absolute Gasteiger partial charge is 0.378 e. The number of benzene rings is 1. The number of piperazine rings is 1. The SMILES string of the molecule is O=C(Nc1ccc(N2CCOCC2)nc1)N1CCN(Cc2cccc(F)c2)CC1. The first-order valence-electron chi connectivity index (χ1n) is 9.99. The van der Waals surface area contributed by atoms with Gasteiger partial charge in [0.05, 0.1) is 25.1 Å². The van der Waals surface area contributed by atoms with Crippen LogP contribution in [0, 0.1) is 5.82 Å². The number of rotatable bonds is 4. The fraction of sp³-hybridized carbons (Fsp3) is 0.429. The molecule has 8 heteroatoms. The highest BCUT2D eigenvalue weighted by Gasteiger charge is 2.21. The lowest BCUT2D eigenvalue weighted by molar-refractivity contribution is 0.122. The van der Waals surface area contributed by atoms with Crippen LogP contribution in [0.4, 0.5) is 20.7 Å². The van der Waals surface area contributed by atoms with E-state index in [0.29, 0.717) is 38.5 Å². The Kier molecular flexibility index (Phi) is 6.21. The summed E-state index contributed by atoms with van der Waals surface area (Å²) < 4.78 is 18.7. The van der Waals surface area contributed by atoms with E-state index in [4.69, 9.17) is 4.74 Å². The van der Waals surface area contributed by atoms with Gasteiger partial charge in [-0.05, 0) is 29.8 Å². The number of carbonyl (C=O) groups excluding carboxylic acids is 1. The molecule has 2 aromatic rings. The molecule has 0 spiro atoms. The maximum absolute atomic E-state index is 13.3. The van der Waals surface area contributed by atoms with Crippen molar-refractivity contribution >= 4 is 17.5 Å². The minimum absolute atomic E-state index is 0.115. The lowest BCUT2D eigenvalue weighted by atomic mass is 10.2. The summed E-state index contributed by atoms with van der Waals surface area (Å²) in [7, 11) is 0. The first kappa shape index (κ1) is 19.6. The highest BCUT2D eigenvalue weighted by molar-refractivity contribution is 5.89. The van der Waals surface area contributed by atoms with E-state index in [2.05, 4.69) is 20.1 Å². The first-order valence-corrected chi connectivity index (χ1v) is 9.99. The van der Waals surface area contributed by atoms with Crippen molar-refractivity contribution in [3.05, 3.63) is 54.0 Å². The van der Waals surface area contributed by atoms with E-state index in [-0.39, 0.29) is 11.8 Å². The number of carbonyl (C=O) groups is 1. The van der Waals surface area contributed by atoms with Gasteiger partial charge in [0, 0.05) is 45.8 Å². The molecule has 1 aromatic heterocycles. The number of pyridine rings is 1. The first-order chi connectivity index (χ1) is 14.2. The topological polar surface area (TPSA) is 60.9 Å². The van der Waals surface area contributed by atoms with Crippen LogP contribution in [0.25, 0.3) is 0 Å². The molecule has 2 aliphatic heterocycles. The summed E-state index contributed by atoms with van der Waals surface area (Å²) in [6.07, 6.45) is 1.70. The average molecular weight is 399 g/mol. The van der Waals surface area contributed by atoms with E-state index in [1.54, 1.807) is 23.2 Å². The molecule has 2 fully saturated rings. The quantitative estimate of drug-likeness (QED) is 0.856. The van der Waals surface area contributed by atoms with Crippen molar-refractivity contribution < 1.29 is 13.9 Å². The van der Waals surface area contributed by atoms with Crippen molar-refractivity contribution in [2.24, 2.45) is 0 Å². The lowest BCUT2D eigenvalue weighted by Gasteiger charge is -2.34. The highest BCUT2D eigenvalue weighted by Crippen LogP contribution is 2.16. The minimum atomic E-state index is -0.214. The summed E-state index contributed by atoms with van der Waals surface area (Å²) in [5, 5.41) is 2.93. The molecule has 29 heavy (non-hydrogen) atoms. The molecule has 3 heterocycles. The summed E-state index contributed by atoms with van der Waals surface area (Å²) in [6.45, 7) is 6.59. The maximum atomic E-state index is 13.3. The zero-order valence-corrected chi connectivity index (χ0v) is 16.4. The van der Waals surface area contributed by atoms with Crippen molar-refractivity contribution in [3.8, 4) is 0 Å². The standard InChI is InChI=1S/C21H26FN5O2/c22-18-3-1-2-17(14-18)16-25-6-8-27(9-7-25)21(28)24-19-4-5-20(23-15-19)26-10-12-29-13-11-26/h1-5,14-15H,6-13,16H2,(H,24,28). The maximum Gasteiger partial charge on any atom is 0.321 e. The number of morpholine rings is 1. The Morgan fingerprint density at radius 1 is 1.07 bits per heavy atom. The van der Waals surface area contributed by atoms with Crippen LogP contribution >= 0.6 is 0 Å². The summed E-state index contributed by atoms with van der Waals surface area (Å²) in [6, 6.07) is 10.4. The Morgan fingerprint density at radius 3 is 2.55 bits per heavy atom. The number of urea groups is 1. The Balaban J connectivity index is 1.25. The molecule has 2 aliphatic rings. The molecular formula is C21H26FN5O2. The second-order valence-electron chi connectivity index (χ2n) is 7.33. The molecule has 154 valence electrons. The number of nitrogens with one attached hydrogen (secondary N) is 1. The van der Waals surface area contributed by atoms with Crippen LogP contribution in [0.3, 0.4) is 0 Å². The van der Waals surface area contributed by atoms with Crippen LogP contribution in [0.1, 0.15) is 5.56 Å². The number of nitrogens with zero attached hydrogens (tertiary/aromatic N) is 4. The second kappa shape index (κ2) is 9.19. The van der Waals surface area contributed by atoms with Gasteiger partial charge in [0.25, 0.3) is 0 Å². The van der Waals surface area contributed by atoms with Gasteiger partial charge in [-0.3, -0.25) is 4.90 Å². The predicted molar refractivity (Wildman–Crippen MR) is 110 cm³/mol. The Morgan fingerprint density at radius 2 is 1.86 bits per heavy atom. The number of ether oxygens (including phenoxy) is 1. The van der Waals surface area contributed by atoms with Gasteiger partial charge in [0.1, 0.15) is 11.6 Å². The molecule has 1 aromatic carbocycles. The van der Waals surface area contributed by atoms with Crippen LogP contribution in [0.5, 0.6) is 0 Å². The van der Waals surface area contributed by atoms with Gasteiger partial charge >= 0.3 is 6.03 Å². The van der Waals surface area contributed by atoms with Crippen molar-refractivity contribution in [1.82, 2.24) is 14.8 Å². The van der Waals surface area contributed by atoms with Gasteiger partial charge < -0.3 is 19.9 Å².